The van der Waals surface area contributed by atoms with Gasteiger partial charge >= 0.3 is 0 Å². The van der Waals surface area contributed by atoms with E-state index in [4.69, 9.17) is 11.6 Å². The van der Waals surface area contributed by atoms with Crippen LogP contribution in [0.5, 0.6) is 0 Å². The number of nitrogens with zero attached hydrogens (tertiary/aromatic N) is 1. The van der Waals surface area contributed by atoms with Crippen LogP contribution in [-0.2, 0) is 9.59 Å². The molecular formula is C22H14ClF2NO3S. The molecule has 0 aliphatic carbocycles. The average Bonchev–Trinajstić information content (AvgIpc) is 3.24. The Balaban J connectivity index is 1.97. The summed E-state index contributed by atoms with van der Waals surface area (Å²) in [5.41, 5.74) is 0.929. The van der Waals surface area contributed by atoms with Crippen molar-refractivity contribution in [3.63, 3.8) is 0 Å². The summed E-state index contributed by atoms with van der Waals surface area (Å²) in [6.45, 7) is 1.80. The Morgan fingerprint density at radius 3 is 2.50 bits per heavy atom. The van der Waals surface area contributed by atoms with E-state index in [1.807, 2.05) is 6.07 Å². The predicted molar refractivity (Wildman–Crippen MR) is 112 cm³/mol. The molecule has 2 aromatic carbocycles. The third-order valence-corrected chi connectivity index (χ3v) is 6.18. The average molecular weight is 446 g/mol. The highest BCUT2D eigenvalue weighted by molar-refractivity contribution is 7.10. The summed E-state index contributed by atoms with van der Waals surface area (Å²) in [4.78, 5) is 27.6. The largest absolute Gasteiger partial charge is 0.507 e. The van der Waals surface area contributed by atoms with Crippen LogP contribution < -0.4 is 4.90 Å². The second kappa shape index (κ2) is 7.66. The number of aryl methyl sites for hydroxylation is 1. The van der Waals surface area contributed by atoms with Gasteiger partial charge in [-0.05, 0) is 48.2 Å². The number of carbonyl (C=O) groups excluding carboxylic acids is 2. The Morgan fingerprint density at radius 2 is 1.87 bits per heavy atom. The minimum Gasteiger partial charge on any atom is -0.507 e. The van der Waals surface area contributed by atoms with Gasteiger partial charge in [0.1, 0.15) is 11.8 Å². The molecule has 1 aliphatic heterocycles. The van der Waals surface area contributed by atoms with E-state index < -0.39 is 35.1 Å². The number of Topliss-reactive ketones (excluding diaryl/α,β-unsaturated/α-hetero) is 1. The van der Waals surface area contributed by atoms with Gasteiger partial charge < -0.3 is 5.11 Å². The molecule has 0 saturated carbocycles. The van der Waals surface area contributed by atoms with Crippen LogP contribution in [0.25, 0.3) is 5.76 Å². The minimum atomic E-state index is -1.15. The summed E-state index contributed by atoms with van der Waals surface area (Å²) in [6.07, 6.45) is 0. The standard InChI is InChI=1S/C22H14ClF2NO3S/c1-11-7-8-30-21(11)18-17(19(27)12-3-2-4-13(23)9-12)20(28)22(29)26(18)14-5-6-15(24)16(25)10-14/h2-10,18,27H,1H3/b19-17-. The van der Waals surface area contributed by atoms with E-state index in [0.29, 0.717) is 9.90 Å². The van der Waals surface area contributed by atoms with Gasteiger partial charge in [0.2, 0.25) is 0 Å². The van der Waals surface area contributed by atoms with Crippen LogP contribution in [0.2, 0.25) is 5.02 Å². The van der Waals surface area contributed by atoms with Gasteiger partial charge in [-0.3, -0.25) is 14.5 Å². The van der Waals surface area contributed by atoms with Crippen molar-refractivity contribution >= 4 is 46.1 Å². The lowest BCUT2D eigenvalue weighted by atomic mass is 9.98. The maximum atomic E-state index is 13.9. The van der Waals surface area contributed by atoms with Crippen molar-refractivity contribution in [2.45, 2.75) is 13.0 Å². The Morgan fingerprint density at radius 1 is 1.10 bits per heavy atom. The third-order valence-electron chi connectivity index (χ3n) is 4.87. The van der Waals surface area contributed by atoms with Crippen LogP contribution in [0.3, 0.4) is 0 Å². The van der Waals surface area contributed by atoms with Gasteiger partial charge in [-0.25, -0.2) is 8.78 Å². The Hall–Kier alpha value is -3.03. The van der Waals surface area contributed by atoms with Crippen molar-refractivity contribution in [3.05, 3.63) is 92.1 Å². The lowest BCUT2D eigenvalue weighted by Crippen LogP contribution is -2.29. The van der Waals surface area contributed by atoms with Gasteiger partial charge in [-0.2, -0.15) is 0 Å². The Labute approximate surface area is 179 Å². The van der Waals surface area contributed by atoms with Crippen molar-refractivity contribution in [2.75, 3.05) is 4.90 Å². The monoisotopic (exact) mass is 445 g/mol. The topological polar surface area (TPSA) is 57.6 Å². The molecule has 4 nitrogen and oxygen atoms in total. The summed E-state index contributed by atoms with van der Waals surface area (Å²) >= 11 is 7.30. The zero-order chi connectivity index (χ0) is 21.6. The van der Waals surface area contributed by atoms with Crippen LogP contribution >= 0.6 is 22.9 Å². The molecule has 1 saturated heterocycles. The van der Waals surface area contributed by atoms with E-state index in [0.717, 1.165) is 22.6 Å². The molecule has 1 atom stereocenters. The molecule has 0 spiro atoms. The number of ketones is 1. The number of hydrogen-bond acceptors (Lipinski definition) is 4. The number of benzene rings is 2. The van der Waals surface area contributed by atoms with Gasteiger partial charge in [0.25, 0.3) is 11.7 Å². The number of hydrogen-bond donors (Lipinski definition) is 1. The van der Waals surface area contributed by atoms with Gasteiger partial charge in [-0.15, -0.1) is 11.3 Å². The first-order chi connectivity index (χ1) is 14.3. The summed E-state index contributed by atoms with van der Waals surface area (Å²) in [7, 11) is 0. The lowest BCUT2D eigenvalue weighted by molar-refractivity contribution is -0.132. The summed E-state index contributed by atoms with van der Waals surface area (Å²) in [5.74, 6) is -4.47. The SMILES string of the molecule is Cc1ccsc1C1/C(=C(/O)c2cccc(Cl)c2)C(=O)C(=O)N1c1ccc(F)c(F)c1. The van der Waals surface area contributed by atoms with Crippen LogP contribution in [0.15, 0.2) is 59.5 Å². The first kappa shape index (κ1) is 20.3. The number of thiophene rings is 1. The Kier molecular flexibility index (Phi) is 5.17. The molecule has 1 amide bonds. The molecule has 1 unspecified atom stereocenters. The molecule has 0 bridgehead atoms. The fourth-order valence-electron chi connectivity index (χ4n) is 3.44. The van der Waals surface area contributed by atoms with Crippen LogP contribution in [-0.4, -0.2) is 16.8 Å². The van der Waals surface area contributed by atoms with Crippen molar-refractivity contribution < 1.29 is 23.5 Å². The predicted octanol–water partition coefficient (Wildman–Crippen LogP) is 5.61. The molecule has 2 heterocycles. The van der Waals surface area contributed by atoms with E-state index in [-0.39, 0.29) is 16.8 Å². The zero-order valence-electron chi connectivity index (χ0n) is 15.5. The molecule has 30 heavy (non-hydrogen) atoms. The van der Waals surface area contributed by atoms with Crippen LogP contribution in [0, 0.1) is 18.6 Å². The lowest BCUT2D eigenvalue weighted by Gasteiger charge is -2.25. The van der Waals surface area contributed by atoms with Crippen LogP contribution in [0.1, 0.15) is 22.0 Å². The van der Waals surface area contributed by atoms with Gasteiger partial charge in [0, 0.05) is 27.2 Å². The summed E-state index contributed by atoms with van der Waals surface area (Å²) < 4.78 is 27.4. The fraction of sp³-hybridized carbons (Fsp3) is 0.0909. The minimum absolute atomic E-state index is 0.0129. The number of amides is 1. The number of anilines is 1. The highest BCUT2D eigenvalue weighted by atomic mass is 35.5. The highest BCUT2D eigenvalue weighted by Gasteiger charge is 2.48. The quantitative estimate of drug-likeness (QED) is 0.323. The highest BCUT2D eigenvalue weighted by Crippen LogP contribution is 2.45. The smallest absolute Gasteiger partial charge is 0.300 e. The number of rotatable bonds is 3. The molecule has 4 rings (SSSR count). The van der Waals surface area contributed by atoms with E-state index in [2.05, 4.69) is 0 Å². The second-order valence-corrected chi connectivity index (χ2v) is 8.13. The van der Waals surface area contributed by atoms with Crippen molar-refractivity contribution in [1.82, 2.24) is 0 Å². The van der Waals surface area contributed by atoms with Gasteiger partial charge in [-0.1, -0.05) is 23.7 Å². The van der Waals surface area contributed by atoms with E-state index >= 15 is 0 Å². The molecule has 1 aromatic heterocycles. The molecular weight excluding hydrogens is 432 g/mol. The first-order valence-electron chi connectivity index (χ1n) is 8.85. The van der Waals surface area contributed by atoms with Crippen molar-refractivity contribution in [2.24, 2.45) is 0 Å². The fourth-order valence-corrected chi connectivity index (χ4v) is 4.65. The number of carbonyl (C=O) groups is 2. The first-order valence-corrected chi connectivity index (χ1v) is 10.1. The van der Waals surface area contributed by atoms with Gasteiger partial charge in [0.05, 0.1) is 5.57 Å². The number of aliphatic hydroxyl groups is 1. The molecule has 1 N–H and O–H groups in total. The van der Waals surface area contributed by atoms with E-state index in [1.165, 1.54) is 23.5 Å². The van der Waals surface area contributed by atoms with Crippen molar-refractivity contribution in [1.29, 1.82) is 0 Å². The molecule has 1 fully saturated rings. The molecule has 8 heteroatoms. The van der Waals surface area contributed by atoms with Gasteiger partial charge in [0.15, 0.2) is 11.6 Å². The number of halogens is 3. The molecule has 3 aromatic rings. The van der Waals surface area contributed by atoms with Crippen LogP contribution in [0.4, 0.5) is 14.5 Å². The molecule has 0 radical (unpaired) electrons. The van der Waals surface area contributed by atoms with E-state index in [9.17, 15) is 23.5 Å². The summed E-state index contributed by atoms with van der Waals surface area (Å²) in [6, 6.07) is 10.0. The molecule has 152 valence electrons. The zero-order valence-corrected chi connectivity index (χ0v) is 17.1. The Bertz CT molecular complexity index is 1220. The van der Waals surface area contributed by atoms with E-state index in [1.54, 1.807) is 30.5 Å². The second-order valence-electron chi connectivity index (χ2n) is 6.75. The van der Waals surface area contributed by atoms with Crippen molar-refractivity contribution in [3.8, 4) is 0 Å². The summed E-state index contributed by atoms with van der Waals surface area (Å²) in [5, 5.41) is 13.1. The normalized spacial score (nSPS) is 18.3. The third kappa shape index (κ3) is 3.30. The molecule has 1 aliphatic rings. The number of aliphatic hydroxyl groups excluding tert-OH is 1. The maximum absolute atomic E-state index is 13.9. The maximum Gasteiger partial charge on any atom is 0.300 e.